The van der Waals surface area contributed by atoms with E-state index < -0.39 is 27.8 Å². The van der Waals surface area contributed by atoms with Gasteiger partial charge in [0.25, 0.3) is 0 Å². The first-order chi connectivity index (χ1) is 27.1. The van der Waals surface area contributed by atoms with E-state index in [0.29, 0.717) is 12.8 Å². The van der Waals surface area contributed by atoms with Crippen LogP contribution < -0.4 is 10.5 Å². The number of halogens is 2. The van der Waals surface area contributed by atoms with Crippen molar-refractivity contribution in [2.24, 2.45) is 11.8 Å². The van der Waals surface area contributed by atoms with Gasteiger partial charge in [-0.1, -0.05) is 0 Å². The molecule has 0 fully saturated rings. The van der Waals surface area contributed by atoms with E-state index in [1.54, 1.807) is 0 Å². The molecule has 0 aliphatic heterocycles. The fourth-order valence-corrected chi connectivity index (χ4v) is 39.3. The Kier molecular flexibility index (Phi) is 13.8. The molecule has 8 heteroatoms. The molecular weight excluding hydrogens is 897 g/mol. The molecule has 0 spiro atoms. The Labute approximate surface area is 344 Å². The number of unbranched alkanes of at least 4 members (excludes halogenated alkanes) is 2. The number of fused-ring (bicyclic) bond motifs is 2. The topological polar surface area (TPSA) is 58.2 Å². The van der Waals surface area contributed by atoms with Crippen molar-refractivity contribution < 1.29 is 25.5 Å². The van der Waals surface area contributed by atoms with Gasteiger partial charge in [0.1, 0.15) is 0 Å². The number of rotatable bonds is 19. The van der Waals surface area contributed by atoms with Gasteiger partial charge in [-0.05, 0) is 0 Å². The maximum absolute atomic E-state index is 12.7. The number of hydrogen-bond acceptors (Lipinski definition) is 2. The molecule has 4 nitrogen and oxygen atoms in total. The molecule has 0 saturated carbocycles. The molecule has 0 heterocycles. The zero-order chi connectivity index (χ0) is 40.1. The SMILES string of the molecule is CCCCc1ccccc1-c1cccc2c1C=C(C(C)CC)[CH]2[Hf]([Cl])([Cl])([B](NC=O)NC=O)[CH]1C(C(C)CC)=Cc2c(-c3ccccc3CCCC)cccc21. The van der Waals surface area contributed by atoms with Gasteiger partial charge < -0.3 is 0 Å². The zero-order valence-electron chi connectivity index (χ0n) is 34.0. The number of hydrogen-bond donors (Lipinski definition) is 2. The molecule has 0 radical (unpaired) electrons. The molecule has 2 amide bonds. The van der Waals surface area contributed by atoms with E-state index in [-0.39, 0.29) is 11.8 Å². The van der Waals surface area contributed by atoms with Gasteiger partial charge in [-0.25, -0.2) is 0 Å². The standard InChI is InChI=1S/2C23H27.C2H3BN2O2.2ClH.Hf/c2*1-4-6-10-18-11-7-8-13-21(18)22-14-9-12-19-15-20(16-23(19)22)17(3)5-2;6-1-4-3-5-2-7;;;/h2*7-9,11-17H,4-6,10H2,1-3H3;1-2H,(H-,4,5,6,7);2*1H;/q;;;;;+1/p-1. The van der Waals surface area contributed by atoms with Gasteiger partial charge >= 0.3 is 346 Å². The summed E-state index contributed by atoms with van der Waals surface area (Å²) in [6.07, 6.45) is 14.3. The molecule has 2 aliphatic rings. The van der Waals surface area contributed by atoms with E-state index in [4.69, 9.17) is 17.2 Å². The Morgan fingerprint density at radius 3 is 1.38 bits per heavy atom. The summed E-state index contributed by atoms with van der Waals surface area (Å²) >= 11 is -6.13. The number of benzene rings is 4. The predicted octanol–water partition coefficient (Wildman–Crippen LogP) is 12.8. The minimum absolute atomic E-state index is 0.144. The Hall–Kier alpha value is -3.18. The monoisotopic (exact) mass is 955 g/mol. The van der Waals surface area contributed by atoms with E-state index >= 15 is 0 Å². The molecule has 4 aromatic carbocycles. The Morgan fingerprint density at radius 1 is 0.607 bits per heavy atom. The number of allylic oxidation sites excluding steroid dienone is 2. The first-order valence-corrected chi connectivity index (χ1v) is 36.0. The number of carbonyl (C=O) groups is 2. The van der Waals surface area contributed by atoms with Gasteiger partial charge in [0.2, 0.25) is 0 Å². The molecule has 2 aliphatic carbocycles. The van der Waals surface area contributed by atoms with Crippen molar-refractivity contribution in [3.05, 3.63) is 129 Å². The summed E-state index contributed by atoms with van der Waals surface area (Å²) in [5.74, 6) is 0.288. The third-order valence-corrected chi connectivity index (χ3v) is 41.3. The second-order valence-electron chi connectivity index (χ2n) is 16.1. The summed E-state index contributed by atoms with van der Waals surface area (Å²) in [7, 11) is 17.7. The molecule has 4 aromatic rings. The Balaban J connectivity index is 1.68. The fraction of sp³-hybridized carbons (Fsp3) is 0.375. The first kappa shape index (κ1) is 42.4. The summed E-state index contributed by atoms with van der Waals surface area (Å²) in [6.45, 7) is 13.4. The third kappa shape index (κ3) is 7.60. The van der Waals surface area contributed by atoms with Crippen molar-refractivity contribution in [1.82, 2.24) is 10.5 Å². The van der Waals surface area contributed by atoms with Gasteiger partial charge in [0.05, 0.1) is 0 Å². The van der Waals surface area contributed by atoms with Crippen LogP contribution in [0.4, 0.5) is 0 Å². The molecule has 0 aromatic heterocycles. The predicted molar refractivity (Wildman–Crippen MR) is 237 cm³/mol. The minimum atomic E-state index is -6.13. The zero-order valence-corrected chi connectivity index (χ0v) is 39.1. The number of nitrogens with one attached hydrogen (secondary N) is 2. The van der Waals surface area contributed by atoms with Crippen molar-refractivity contribution in [1.29, 1.82) is 0 Å². The molecule has 0 saturated heterocycles. The van der Waals surface area contributed by atoms with Crippen molar-refractivity contribution in [3.8, 4) is 22.3 Å². The summed E-state index contributed by atoms with van der Waals surface area (Å²) in [5.41, 5.74) is 14.3. The van der Waals surface area contributed by atoms with E-state index in [1.165, 1.54) is 44.5 Å². The van der Waals surface area contributed by atoms with Crippen LogP contribution in [0.3, 0.4) is 0 Å². The third-order valence-electron chi connectivity index (χ3n) is 12.9. The average Bonchev–Trinajstić information content (AvgIpc) is 3.83. The first-order valence-electron chi connectivity index (χ1n) is 20.9. The van der Waals surface area contributed by atoms with E-state index in [2.05, 4.69) is 149 Å². The fourth-order valence-electron chi connectivity index (χ4n) is 9.62. The molecule has 2 N–H and O–H groups in total. The number of aryl methyl sites for hydroxylation is 2. The van der Waals surface area contributed by atoms with Gasteiger partial charge in [0, 0.05) is 0 Å². The molecule has 4 atom stereocenters. The van der Waals surface area contributed by atoms with Gasteiger partial charge in [-0.2, -0.15) is 0 Å². The summed E-state index contributed by atoms with van der Waals surface area (Å²) in [5, 5.41) is 6.10. The molecule has 293 valence electrons. The van der Waals surface area contributed by atoms with Crippen molar-refractivity contribution >= 4 is 46.7 Å². The van der Waals surface area contributed by atoms with Crippen LogP contribution in [0.2, 0.25) is 0 Å². The van der Waals surface area contributed by atoms with E-state index in [9.17, 15) is 9.59 Å². The number of carbonyl (C=O) groups excluding carboxylic acids is 2. The Bertz CT molecular complexity index is 1980. The van der Waals surface area contributed by atoms with Crippen LogP contribution in [-0.2, 0) is 38.3 Å². The molecular formula is C48H58BCl2HfN2O2. The van der Waals surface area contributed by atoms with Crippen LogP contribution in [0.1, 0.15) is 121 Å². The summed E-state index contributed by atoms with van der Waals surface area (Å²) in [6, 6.07) is 30.6. The summed E-state index contributed by atoms with van der Waals surface area (Å²) < 4.78 is -1.73. The van der Waals surface area contributed by atoms with Gasteiger partial charge in [0.15, 0.2) is 0 Å². The second-order valence-corrected chi connectivity index (χ2v) is 46.6. The normalized spacial score (nSPS) is 17.8. The number of amides is 2. The van der Waals surface area contributed by atoms with E-state index in [1.807, 2.05) is 0 Å². The average molecular weight is 955 g/mol. The van der Waals surface area contributed by atoms with Crippen LogP contribution in [0.15, 0.2) is 96.1 Å². The Morgan fingerprint density at radius 2 is 1.00 bits per heavy atom. The summed E-state index contributed by atoms with van der Waals surface area (Å²) in [4.78, 5) is 25.4. The molecule has 0 bridgehead atoms. The van der Waals surface area contributed by atoms with Gasteiger partial charge in [-0.15, -0.1) is 0 Å². The van der Waals surface area contributed by atoms with Crippen LogP contribution in [0.5, 0.6) is 0 Å². The van der Waals surface area contributed by atoms with Crippen LogP contribution in [0.25, 0.3) is 34.4 Å². The maximum atomic E-state index is 12.7. The molecule has 4 unspecified atom stereocenters. The van der Waals surface area contributed by atoms with Crippen LogP contribution >= 0.6 is 17.2 Å². The van der Waals surface area contributed by atoms with Crippen molar-refractivity contribution in [2.45, 2.75) is 100 Å². The van der Waals surface area contributed by atoms with Crippen LogP contribution in [0, 0.1) is 11.8 Å². The van der Waals surface area contributed by atoms with E-state index in [0.717, 1.165) is 73.6 Å². The van der Waals surface area contributed by atoms with Crippen molar-refractivity contribution in [3.63, 3.8) is 0 Å². The van der Waals surface area contributed by atoms with Crippen molar-refractivity contribution in [2.75, 3.05) is 0 Å². The molecule has 56 heavy (non-hydrogen) atoms. The molecule has 6 rings (SSSR count). The quantitative estimate of drug-likeness (QED) is 0.0727. The second kappa shape index (κ2) is 18.2. The van der Waals surface area contributed by atoms with Crippen LogP contribution in [-0.4, -0.2) is 17.4 Å². The van der Waals surface area contributed by atoms with Gasteiger partial charge in [-0.3, -0.25) is 0 Å².